The molecule has 9 rings (SSSR count). The fourth-order valence-corrected chi connectivity index (χ4v) is 12.9. The van der Waals surface area contributed by atoms with Crippen molar-refractivity contribution in [3.05, 3.63) is 136 Å². The molecular formula is C42H20N4O4S3. The Morgan fingerprint density at radius 3 is 1.28 bits per heavy atom. The van der Waals surface area contributed by atoms with Gasteiger partial charge in [-0.3, -0.25) is 28.9 Å². The molecule has 0 radical (unpaired) electrons. The minimum Gasteiger partial charge on any atom is -0.288 e. The second kappa shape index (κ2) is 10.6. The molecule has 11 heteroatoms. The summed E-state index contributed by atoms with van der Waals surface area (Å²) in [4.78, 5) is 62.7. The Morgan fingerprint density at radius 1 is 0.585 bits per heavy atom. The molecule has 0 spiro atoms. The van der Waals surface area contributed by atoms with Crippen molar-refractivity contribution in [3.63, 3.8) is 0 Å². The minimum absolute atomic E-state index is 0.0186. The molecule has 53 heavy (non-hydrogen) atoms. The van der Waals surface area contributed by atoms with Crippen molar-refractivity contribution >= 4 is 99.5 Å². The van der Waals surface area contributed by atoms with Crippen LogP contribution >= 0.6 is 34.0 Å². The number of carbonyl (C=O) groups is 4. The molecule has 8 nitrogen and oxygen atoms in total. The number of ketones is 4. The normalized spacial score (nSPS) is 17.2. The van der Waals surface area contributed by atoms with Crippen molar-refractivity contribution in [1.29, 1.82) is 10.5 Å². The Bertz CT molecular complexity index is 2750. The number of fused-ring (bicyclic) bond motifs is 9. The van der Waals surface area contributed by atoms with E-state index >= 15 is 0 Å². The summed E-state index contributed by atoms with van der Waals surface area (Å²) in [6.07, 6.45) is 7.43. The van der Waals surface area contributed by atoms with Crippen LogP contribution in [-0.2, 0) is 10.8 Å². The number of nitrogens with zero attached hydrogens (tertiary/aromatic N) is 4. The van der Waals surface area contributed by atoms with Gasteiger partial charge in [0, 0.05) is 42.8 Å². The summed E-state index contributed by atoms with van der Waals surface area (Å²) in [5.74, 6) is -1.80. The van der Waals surface area contributed by atoms with E-state index in [1.54, 1.807) is 46.2 Å². The van der Waals surface area contributed by atoms with Gasteiger partial charge in [0.2, 0.25) is 0 Å². The molecule has 5 aromatic rings. The zero-order chi connectivity index (χ0) is 37.5. The molecule has 0 amide bonds. The molecule has 250 valence electrons. The molecule has 2 aromatic carbocycles. The number of allylic oxidation sites excluding steroid dienone is 6. The van der Waals surface area contributed by atoms with Gasteiger partial charge in [-0.2, -0.15) is 10.5 Å². The van der Waals surface area contributed by atoms with Gasteiger partial charge in [0.15, 0.2) is 34.5 Å². The van der Waals surface area contributed by atoms with Gasteiger partial charge in [-0.1, -0.05) is 39.8 Å². The molecule has 0 saturated heterocycles. The van der Waals surface area contributed by atoms with Crippen LogP contribution in [0.25, 0.3) is 40.6 Å². The fourth-order valence-electron chi connectivity index (χ4n) is 7.88. The highest BCUT2D eigenvalue weighted by atomic mass is 32.1. The molecule has 0 unspecified atom stereocenters. The predicted molar refractivity (Wildman–Crippen MR) is 205 cm³/mol. The minimum atomic E-state index is -0.538. The zero-order valence-corrected chi connectivity index (χ0v) is 30.7. The van der Waals surface area contributed by atoms with Gasteiger partial charge in [0.05, 0.1) is 54.2 Å². The van der Waals surface area contributed by atoms with E-state index in [0.717, 1.165) is 41.4 Å². The molecule has 4 aliphatic carbocycles. The Hall–Kier alpha value is -6.34. The van der Waals surface area contributed by atoms with Gasteiger partial charge < -0.3 is 0 Å². The fraction of sp³-hybridized carbons (Fsp3) is 0.143. The quantitative estimate of drug-likeness (QED) is 0.101. The van der Waals surface area contributed by atoms with E-state index in [4.69, 9.17) is 13.1 Å². The standard InChI is InChI=1S/C42H20N4O4S3/c1-41(2)19(9-25-33(47)21-7-17(15-43)18(16-44)8-22(21)34(25)48)11-29-31(41)37-39(51-29)40-38(53-37)32-30(52-40)12-20(42(32,3)4)10-26-35(49)23-13-27(45-5)28(46-6)14-24(23)36(26)50/h7-14H,1-4H3. The molecule has 0 atom stereocenters. The van der Waals surface area contributed by atoms with Gasteiger partial charge in [-0.25, -0.2) is 0 Å². The SMILES string of the molecule is [C-]#[N+]c1cc2c(cc1[N+]#[C-])C(=O)C(=CC1=Cc3sc4c(sc5c6c(sc54)C=C(C=C4C(=O)c5cc(C#N)c(C#N)cc5C4=O)C6(C)C)c3C1(C)C)C2=O. The van der Waals surface area contributed by atoms with Gasteiger partial charge in [0.25, 0.3) is 0 Å². The van der Waals surface area contributed by atoms with Crippen LogP contribution in [0.4, 0.5) is 11.4 Å². The largest absolute Gasteiger partial charge is 0.288 e. The number of thiophene rings is 3. The van der Waals surface area contributed by atoms with Crippen molar-refractivity contribution in [2.45, 2.75) is 38.5 Å². The molecule has 0 N–H and O–H groups in total. The number of rotatable bonds is 2. The number of carbonyl (C=O) groups excluding carboxylic acids is 4. The molecule has 3 heterocycles. The highest BCUT2D eigenvalue weighted by Crippen LogP contribution is 2.59. The molecule has 0 saturated carbocycles. The second-order valence-corrected chi connectivity index (χ2v) is 17.4. The summed E-state index contributed by atoms with van der Waals surface area (Å²) in [7, 11) is 0. The van der Waals surface area contributed by atoms with Crippen LogP contribution in [-0.4, -0.2) is 23.1 Å². The predicted octanol–water partition coefficient (Wildman–Crippen LogP) is 10.4. The third kappa shape index (κ3) is 4.10. The summed E-state index contributed by atoms with van der Waals surface area (Å²) in [6, 6.07) is 9.23. The molecule has 0 bridgehead atoms. The van der Waals surface area contributed by atoms with E-state index in [0.29, 0.717) is 0 Å². The van der Waals surface area contributed by atoms with Crippen LogP contribution in [0.2, 0.25) is 0 Å². The van der Waals surface area contributed by atoms with Gasteiger partial charge in [-0.05, 0) is 58.7 Å². The van der Waals surface area contributed by atoms with Crippen molar-refractivity contribution < 1.29 is 19.2 Å². The van der Waals surface area contributed by atoms with E-state index in [-0.39, 0.29) is 55.9 Å². The maximum absolute atomic E-state index is 13.5. The maximum atomic E-state index is 13.5. The van der Waals surface area contributed by atoms with E-state index in [2.05, 4.69) is 37.4 Å². The first-order valence-electron chi connectivity index (χ1n) is 16.3. The van der Waals surface area contributed by atoms with E-state index in [9.17, 15) is 29.7 Å². The number of hydrogen-bond acceptors (Lipinski definition) is 9. The first-order chi connectivity index (χ1) is 25.2. The Labute approximate surface area is 314 Å². The van der Waals surface area contributed by atoms with Crippen molar-refractivity contribution in [2.75, 3.05) is 0 Å². The first kappa shape index (κ1) is 32.6. The van der Waals surface area contributed by atoms with E-state index in [1.807, 2.05) is 24.3 Å². The average molecular weight is 741 g/mol. The van der Waals surface area contributed by atoms with Gasteiger partial charge in [-0.15, -0.1) is 34.0 Å². The highest BCUT2D eigenvalue weighted by molar-refractivity contribution is 7.39. The topological polar surface area (TPSA) is 125 Å². The van der Waals surface area contributed by atoms with Crippen molar-refractivity contribution in [3.8, 4) is 12.1 Å². The van der Waals surface area contributed by atoms with Crippen LogP contribution in [0.3, 0.4) is 0 Å². The molecular weight excluding hydrogens is 721 g/mol. The molecule has 0 aliphatic heterocycles. The van der Waals surface area contributed by atoms with Crippen molar-refractivity contribution in [1.82, 2.24) is 0 Å². The Kier molecular flexibility index (Phi) is 6.52. The van der Waals surface area contributed by atoms with Crippen LogP contribution < -0.4 is 0 Å². The van der Waals surface area contributed by atoms with E-state index in [1.165, 1.54) is 33.7 Å². The summed E-state index contributed by atoms with van der Waals surface area (Å²) < 4.78 is 4.62. The number of benzene rings is 2. The number of nitriles is 2. The highest BCUT2D eigenvalue weighted by Gasteiger charge is 2.43. The summed E-state index contributed by atoms with van der Waals surface area (Å²) in [5.41, 5.74) is 3.68. The van der Waals surface area contributed by atoms with E-state index < -0.39 is 34.0 Å². The lowest BCUT2D eigenvalue weighted by Crippen LogP contribution is -2.17. The molecule has 4 aliphatic rings. The van der Waals surface area contributed by atoms with Gasteiger partial charge in [0.1, 0.15) is 12.1 Å². The molecule has 0 fully saturated rings. The van der Waals surface area contributed by atoms with Crippen LogP contribution in [0.15, 0.2) is 58.7 Å². The second-order valence-electron chi connectivity index (χ2n) is 14.3. The lowest BCUT2D eigenvalue weighted by Gasteiger charge is -2.23. The number of hydrogen-bond donors (Lipinski definition) is 0. The summed E-state index contributed by atoms with van der Waals surface area (Å²) in [5, 5.41) is 18.9. The third-order valence-corrected chi connectivity index (χ3v) is 14.7. The summed E-state index contributed by atoms with van der Waals surface area (Å²) in [6.45, 7) is 23.1. The number of Topliss-reactive ketones (excluding diaryl/α,β-unsaturated/α-hetero) is 4. The third-order valence-electron chi connectivity index (χ3n) is 10.8. The zero-order valence-electron chi connectivity index (χ0n) is 28.3. The maximum Gasteiger partial charge on any atom is 0.197 e. The summed E-state index contributed by atoms with van der Waals surface area (Å²) >= 11 is 5.06. The van der Waals surface area contributed by atoms with Gasteiger partial charge >= 0.3 is 0 Å². The van der Waals surface area contributed by atoms with Crippen LogP contribution in [0, 0.1) is 35.8 Å². The lowest BCUT2D eigenvalue weighted by molar-refractivity contribution is 0.0973. The smallest absolute Gasteiger partial charge is 0.197 e. The van der Waals surface area contributed by atoms with Crippen LogP contribution in [0.1, 0.15) is 101 Å². The Morgan fingerprint density at radius 2 is 0.943 bits per heavy atom. The molecule has 3 aromatic heterocycles. The van der Waals surface area contributed by atoms with Crippen LogP contribution in [0.5, 0.6) is 0 Å². The van der Waals surface area contributed by atoms with Crippen molar-refractivity contribution in [2.24, 2.45) is 0 Å². The lowest BCUT2D eigenvalue weighted by atomic mass is 9.81. The monoisotopic (exact) mass is 740 g/mol. The Balaban J connectivity index is 1.08. The first-order valence-corrected chi connectivity index (χ1v) is 18.7. The average Bonchev–Trinajstić information content (AvgIpc) is 3.95.